The predicted molar refractivity (Wildman–Crippen MR) is 76.4 cm³/mol. The van der Waals surface area contributed by atoms with E-state index in [2.05, 4.69) is 15.3 Å². The molecular formula is C16H17N3O. The minimum absolute atomic E-state index is 0.0692. The number of nitrogens with zero attached hydrogens (tertiary/aromatic N) is 2. The lowest BCUT2D eigenvalue weighted by molar-refractivity contribution is 0.0950. The summed E-state index contributed by atoms with van der Waals surface area (Å²) >= 11 is 0. The zero-order chi connectivity index (χ0) is 13.9. The van der Waals surface area contributed by atoms with Crippen LogP contribution in [0.4, 0.5) is 0 Å². The molecule has 4 nitrogen and oxygen atoms in total. The Labute approximate surface area is 118 Å². The fraction of sp³-hybridized carbons (Fsp3) is 0.312. The average Bonchev–Trinajstić information content (AvgIpc) is 3.30. The van der Waals surface area contributed by atoms with Gasteiger partial charge in [-0.2, -0.15) is 0 Å². The number of carbonyl (C=O) groups is 1. The second-order valence-electron chi connectivity index (χ2n) is 5.26. The summed E-state index contributed by atoms with van der Waals surface area (Å²) in [6.45, 7) is 2.41. The highest BCUT2D eigenvalue weighted by Crippen LogP contribution is 2.38. The molecule has 1 saturated carbocycles. The first-order valence-corrected chi connectivity index (χ1v) is 6.88. The molecule has 0 spiro atoms. The van der Waals surface area contributed by atoms with Gasteiger partial charge >= 0.3 is 0 Å². The Hall–Kier alpha value is -2.23. The molecule has 0 radical (unpaired) electrons. The molecule has 1 aromatic heterocycles. The maximum absolute atomic E-state index is 12.0. The Morgan fingerprint density at radius 3 is 2.90 bits per heavy atom. The fourth-order valence-corrected chi connectivity index (χ4v) is 2.17. The normalized spacial score (nSPS) is 14.1. The van der Waals surface area contributed by atoms with Gasteiger partial charge in [0.25, 0.3) is 5.91 Å². The molecule has 102 valence electrons. The highest BCUT2D eigenvalue weighted by molar-refractivity contribution is 5.94. The van der Waals surface area contributed by atoms with Crippen LogP contribution < -0.4 is 5.32 Å². The van der Waals surface area contributed by atoms with Gasteiger partial charge in [-0.1, -0.05) is 17.7 Å². The second kappa shape index (κ2) is 5.41. The van der Waals surface area contributed by atoms with Crippen molar-refractivity contribution < 1.29 is 4.79 Å². The first-order chi connectivity index (χ1) is 9.72. The van der Waals surface area contributed by atoms with Gasteiger partial charge in [-0.3, -0.25) is 4.79 Å². The number of aryl methyl sites for hydroxylation is 1. The zero-order valence-electron chi connectivity index (χ0n) is 11.5. The summed E-state index contributed by atoms with van der Waals surface area (Å²) in [6, 6.07) is 9.56. The van der Waals surface area contributed by atoms with Gasteiger partial charge < -0.3 is 5.32 Å². The molecule has 4 heteroatoms. The van der Waals surface area contributed by atoms with Crippen molar-refractivity contribution in [2.75, 3.05) is 0 Å². The quantitative estimate of drug-likeness (QED) is 0.926. The Kier molecular flexibility index (Phi) is 3.46. The molecule has 0 unspecified atom stereocenters. The molecule has 0 saturated heterocycles. The number of hydrogen-bond acceptors (Lipinski definition) is 3. The number of carbonyl (C=O) groups excluding carboxylic acids is 1. The second-order valence-corrected chi connectivity index (χ2v) is 5.26. The fourth-order valence-electron chi connectivity index (χ4n) is 2.17. The van der Waals surface area contributed by atoms with E-state index in [4.69, 9.17) is 0 Å². The molecular weight excluding hydrogens is 250 g/mol. The summed E-state index contributed by atoms with van der Waals surface area (Å²) in [4.78, 5) is 20.5. The monoisotopic (exact) mass is 267 g/mol. The molecule has 2 aromatic rings. The Morgan fingerprint density at radius 2 is 2.15 bits per heavy atom. The number of benzene rings is 1. The van der Waals surface area contributed by atoms with Crippen LogP contribution in [0.15, 0.2) is 36.7 Å². The number of nitrogens with one attached hydrogen (secondary N) is 1. The predicted octanol–water partition coefficient (Wildman–Crippen LogP) is 2.59. The Bertz CT molecular complexity index is 635. The highest BCUT2D eigenvalue weighted by Gasteiger charge is 2.25. The van der Waals surface area contributed by atoms with Crippen LogP contribution in [0, 0.1) is 6.92 Å². The highest BCUT2D eigenvalue weighted by atomic mass is 16.1. The number of amides is 1. The van der Waals surface area contributed by atoms with E-state index in [0.29, 0.717) is 18.0 Å². The van der Waals surface area contributed by atoms with Gasteiger partial charge in [-0.25, -0.2) is 9.97 Å². The molecule has 0 aliphatic heterocycles. The van der Waals surface area contributed by atoms with Gasteiger partial charge in [-0.05, 0) is 38.0 Å². The van der Waals surface area contributed by atoms with E-state index in [0.717, 1.165) is 17.0 Å². The zero-order valence-corrected chi connectivity index (χ0v) is 11.5. The van der Waals surface area contributed by atoms with Crippen LogP contribution in [0.25, 0.3) is 0 Å². The third kappa shape index (κ3) is 3.02. The van der Waals surface area contributed by atoms with Crippen LogP contribution >= 0.6 is 0 Å². The summed E-state index contributed by atoms with van der Waals surface area (Å²) in [5.74, 6) is 0.532. The van der Waals surface area contributed by atoms with E-state index in [1.807, 2.05) is 37.3 Å². The number of hydrogen-bond donors (Lipinski definition) is 1. The summed E-state index contributed by atoms with van der Waals surface area (Å²) in [5, 5.41) is 2.90. The third-order valence-corrected chi connectivity index (χ3v) is 3.45. The van der Waals surface area contributed by atoms with Gasteiger partial charge in [0.05, 0.1) is 12.2 Å². The van der Waals surface area contributed by atoms with Crippen LogP contribution in [-0.2, 0) is 6.54 Å². The van der Waals surface area contributed by atoms with E-state index < -0.39 is 0 Å². The van der Waals surface area contributed by atoms with Crippen molar-refractivity contribution in [3.05, 3.63) is 59.2 Å². The summed E-state index contributed by atoms with van der Waals surface area (Å²) in [5.41, 5.74) is 3.72. The van der Waals surface area contributed by atoms with Gasteiger partial charge in [0.15, 0.2) is 0 Å². The van der Waals surface area contributed by atoms with Crippen LogP contribution in [-0.4, -0.2) is 15.9 Å². The maximum atomic E-state index is 12.0. The minimum Gasteiger partial charge on any atom is -0.346 e. The van der Waals surface area contributed by atoms with Gasteiger partial charge in [0.2, 0.25) is 0 Å². The smallest absolute Gasteiger partial charge is 0.251 e. The molecule has 0 bridgehead atoms. The topological polar surface area (TPSA) is 54.9 Å². The van der Waals surface area contributed by atoms with Crippen molar-refractivity contribution in [3.8, 4) is 0 Å². The molecule has 1 aromatic carbocycles. The van der Waals surface area contributed by atoms with E-state index in [1.165, 1.54) is 12.8 Å². The first kappa shape index (κ1) is 12.8. The molecule has 3 rings (SSSR count). The summed E-state index contributed by atoms with van der Waals surface area (Å²) in [7, 11) is 0. The van der Waals surface area contributed by atoms with Crippen LogP contribution in [0.3, 0.4) is 0 Å². The van der Waals surface area contributed by atoms with Crippen molar-refractivity contribution in [1.29, 1.82) is 0 Å². The minimum atomic E-state index is -0.0692. The van der Waals surface area contributed by atoms with Gasteiger partial charge in [-0.15, -0.1) is 0 Å². The molecule has 1 N–H and O–H groups in total. The van der Waals surface area contributed by atoms with Crippen molar-refractivity contribution in [1.82, 2.24) is 15.3 Å². The standard InChI is InChI=1S/C16H17N3O/c1-11-3-2-4-13(7-11)16(20)17-9-14-8-15(12-5-6-12)19-10-18-14/h2-4,7-8,10,12H,5-6,9H2,1H3,(H,17,20). The van der Waals surface area contributed by atoms with Crippen molar-refractivity contribution in [2.45, 2.75) is 32.2 Å². The van der Waals surface area contributed by atoms with E-state index in [-0.39, 0.29) is 5.91 Å². The lowest BCUT2D eigenvalue weighted by Gasteiger charge is -2.06. The lowest BCUT2D eigenvalue weighted by Crippen LogP contribution is -2.23. The molecule has 1 aliphatic carbocycles. The van der Waals surface area contributed by atoms with E-state index >= 15 is 0 Å². The molecule has 0 atom stereocenters. The molecule has 1 fully saturated rings. The van der Waals surface area contributed by atoms with Gasteiger partial charge in [0.1, 0.15) is 6.33 Å². The van der Waals surface area contributed by atoms with E-state index in [1.54, 1.807) is 6.33 Å². The first-order valence-electron chi connectivity index (χ1n) is 6.88. The molecule has 1 heterocycles. The summed E-state index contributed by atoms with van der Waals surface area (Å²) in [6.07, 6.45) is 4.01. The van der Waals surface area contributed by atoms with Crippen molar-refractivity contribution in [2.24, 2.45) is 0 Å². The maximum Gasteiger partial charge on any atom is 0.251 e. The van der Waals surface area contributed by atoms with Crippen molar-refractivity contribution in [3.63, 3.8) is 0 Å². The lowest BCUT2D eigenvalue weighted by atomic mass is 10.1. The Balaban J connectivity index is 1.64. The van der Waals surface area contributed by atoms with Crippen molar-refractivity contribution >= 4 is 5.91 Å². The third-order valence-electron chi connectivity index (χ3n) is 3.45. The SMILES string of the molecule is Cc1cccc(C(=O)NCc2cc(C3CC3)ncn2)c1. The van der Waals surface area contributed by atoms with Crippen LogP contribution in [0.1, 0.15) is 46.1 Å². The van der Waals surface area contributed by atoms with E-state index in [9.17, 15) is 4.79 Å². The average molecular weight is 267 g/mol. The van der Waals surface area contributed by atoms with Crippen LogP contribution in [0.5, 0.6) is 0 Å². The number of aromatic nitrogens is 2. The number of rotatable bonds is 4. The summed E-state index contributed by atoms with van der Waals surface area (Å²) < 4.78 is 0. The van der Waals surface area contributed by atoms with Gasteiger partial charge in [0, 0.05) is 17.2 Å². The Morgan fingerprint density at radius 1 is 1.30 bits per heavy atom. The molecule has 20 heavy (non-hydrogen) atoms. The molecule has 1 amide bonds. The molecule has 1 aliphatic rings. The van der Waals surface area contributed by atoms with Crippen LogP contribution in [0.2, 0.25) is 0 Å². The largest absolute Gasteiger partial charge is 0.346 e.